The zero-order valence-electron chi connectivity index (χ0n) is 10.4. The number of carboxylic acids is 1. The van der Waals surface area contributed by atoms with Crippen LogP contribution in [0, 0.1) is 0 Å². The van der Waals surface area contributed by atoms with E-state index in [2.05, 4.69) is 20.5 Å². The fourth-order valence-electron chi connectivity index (χ4n) is 1.46. The van der Waals surface area contributed by atoms with Gasteiger partial charge in [-0.2, -0.15) is 0 Å². The van der Waals surface area contributed by atoms with E-state index in [0.717, 1.165) is 0 Å². The van der Waals surface area contributed by atoms with E-state index in [1.165, 1.54) is 4.68 Å². The first-order chi connectivity index (χ1) is 9.08. The Morgan fingerprint density at radius 2 is 2.21 bits per heavy atom. The molecule has 0 aliphatic heterocycles. The number of nitrogens with two attached hydrogens (primary N) is 1. The van der Waals surface area contributed by atoms with E-state index in [-0.39, 0.29) is 6.42 Å². The molecule has 0 saturated carbocycles. The van der Waals surface area contributed by atoms with Gasteiger partial charge in [0.1, 0.15) is 12.6 Å². The summed E-state index contributed by atoms with van der Waals surface area (Å²) in [5.41, 5.74) is 5.92. The summed E-state index contributed by atoms with van der Waals surface area (Å²) in [7, 11) is 0. The minimum atomic E-state index is -1.07. The third kappa shape index (κ3) is 3.35. The Morgan fingerprint density at radius 3 is 2.84 bits per heavy atom. The van der Waals surface area contributed by atoms with E-state index in [0.29, 0.717) is 30.4 Å². The summed E-state index contributed by atoms with van der Waals surface area (Å²) in [5, 5.41) is 24.1. The second-order valence-electron chi connectivity index (χ2n) is 4.00. The van der Waals surface area contributed by atoms with Crippen molar-refractivity contribution in [1.82, 2.24) is 25.2 Å². The number of rotatable bonds is 6. The van der Waals surface area contributed by atoms with Gasteiger partial charge in [0.15, 0.2) is 0 Å². The highest BCUT2D eigenvalue weighted by molar-refractivity contribution is 5.73. The normalized spacial score (nSPS) is 12.5. The number of aliphatic carboxylic acids is 1. The van der Waals surface area contributed by atoms with Crippen molar-refractivity contribution >= 4 is 5.97 Å². The molecule has 2 aromatic rings. The Hall–Kier alpha value is -2.29. The van der Waals surface area contributed by atoms with Gasteiger partial charge in [0.2, 0.25) is 11.8 Å². The molecule has 9 nitrogen and oxygen atoms in total. The first kappa shape index (κ1) is 13.1. The van der Waals surface area contributed by atoms with Gasteiger partial charge in [0, 0.05) is 19.0 Å². The van der Waals surface area contributed by atoms with Crippen LogP contribution in [0.3, 0.4) is 0 Å². The minimum absolute atomic E-state index is 0.124. The van der Waals surface area contributed by atoms with Crippen molar-refractivity contribution in [2.75, 3.05) is 0 Å². The second kappa shape index (κ2) is 5.57. The van der Waals surface area contributed by atoms with Gasteiger partial charge < -0.3 is 15.3 Å². The molecular formula is C10H14N6O3. The maximum absolute atomic E-state index is 10.6. The maximum atomic E-state index is 10.6. The molecule has 3 N–H and O–H groups in total. The Morgan fingerprint density at radius 1 is 1.47 bits per heavy atom. The van der Waals surface area contributed by atoms with Gasteiger partial charge in [-0.25, -0.2) is 4.68 Å². The fraction of sp³-hybridized carbons (Fsp3) is 0.500. The van der Waals surface area contributed by atoms with Crippen molar-refractivity contribution < 1.29 is 14.3 Å². The lowest BCUT2D eigenvalue weighted by molar-refractivity contribution is -0.138. The summed E-state index contributed by atoms with van der Waals surface area (Å²) < 4.78 is 6.83. The van der Waals surface area contributed by atoms with Gasteiger partial charge in [0.05, 0.1) is 5.69 Å². The van der Waals surface area contributed by atoms with Crippen molar-refractivity contribution in [1.29, 1.82) is 0 Å². The zero-order chi connectivity index (χ0) is 13.8. The lowest BCUT2D eigenvalue weighted by Gasteiger charge is -2.01. The van der Waals surface area contributed by atoms with Crippen LogP contribution in [0.15, 0.2) is 10.6 Å². The molecule has 0 radical (unpaired) electrons. The fourth-order valence-corrected chi connectivity index (χ4v) is 1.46. The molecule has 0 aromatic carbocycles. The molecule has 102 valence electrons. The first-order valence-electron chi connectivity index (χ1n) is 5.77. The standard InChI is InChI=1S/C10H14N6O3/c1-2-8-13-14-9(19-8)5-16-4-6(12-15-16)3-7(11)10(17)18/h4,7H,2-3,5,11H2,1H3,(H,17,18). The molecule has 0 amide bonds. The van der Waals surface area contributed by atoms with Gasteiger partial charge in [-0.1, -0.05) is 12.1 Å². The van der Waals surface area contributed by atoms with E-state index in [1.54, 1.807) is 6.20 Å². The number of carboxylic acid groups (broad SMARTS) is 1. The van der Waals surface area contributed by atoms with Crippen LogP contribution in [0.4, 0.5) is 0 Å². The highest BCUT2D eigenvalue weighted by Gasteiger charge is 2.15. The van der Waals surface area contributed by atoms with Crippen molar-refractivity contribution in [3.8, 4) is 0 Å². The van der Waals surface area contributed by atoms with Crippen LogP contribution in [0.5, 0.6) is 0 Å². The molecule has 1 atom stereocenters. The second-order valence-corrected chi connectivity index (χ2v) is 4.00. The molecule has 0 spiro atoms. The van der Waals surface area contributed by atoms with E-state index >= 15 is 0 Å². The van der Waals surface area contributed by atoms with Gasteiger partial charge in [0.25, 0.3) is 0 Å². The number of nitrogens with zero attached hydrogens (tertiary/aromatic N) is 5. The SMILES string of the molecule is CCc1nnc(Cn2cc(CC(N)C(=O)O)nn2)o1. The number of aromatic nitrogens is 5. The Balaban J connectivity index is 1.99. The van der Waals surface area contributed by atoms with Gasteiger partial charge in [-0.15, -0.1) is 15.3 Å². The predicted octanol–water partition coefficient (Wildman–Crippen LogP) is -0.774. The molecular weight excluding hydrogens is 252 g/mol. The van der Waals surface area contributed by atoms with E-state index in [9.17, 15) is 4.79 Å². The average Bonchev–Trinajstić information content (AvgIpc) is 2.99. The molecule has 0 aliphatic rings. The van der Waals surface area contributed by atoms with Crippen LogP contribution in [0.2, 0.25) is 0 Å². The summed E-state index contributed by atoms with van der Waals surface area (Å²) in [6, 6.07) is -0.986. The summed E-state index contributed by atoms with van der Waals surface area (Å²) in [5.74, 6) is -0.0851. The van der Waals surface area contributed by atoms with Crippen molar-refractivity contribution in [3.63, 3.8) is 0 Å². The summed E-state index contributed by atoms with van der Waals surface area (Å²) in [4.78, 5) is 10.6. The lowest BCUT2D eigenvalue weighted by Crippen LogP contribution is -2.32. The van der Waals surface area contributed by atoms with Crippen molar-refractivity contribution in [2.45, 2.75) is 32.4 Å². The predicted molar refractivity (Wildman–Crippen MR) is 62.1 cm³/mol. The largest absolute Gasteiger partial charge is 0.480 e. The smallest absolute Gasteiger partial charge is 0.320 e. The third-order valence-electron chi connectivity index (χ3n) is 2.44. The molecule has 1 unspecified atom stereocenters. The summed E-state index contributed by atoms with van der Waals surface area (Å²) in [6.07, 6.45) is 2.40. The molecule has 2 aromatic heterocycles. The van der Waals surface area contributed by atoms with Crippen molar-refractivity contribution in [3.05, 3.63) is 23.7 Å². The monoisotopic (exact) mass is 266 g/mol. The molecule has 9 heteroatoms. The maximum Gasteiger partial charge on any atom is 0.320 e. The highest BCUT2D eigenvalue weighted by atomic mass is 16.4. The van der Waals surface area contributed by atoms with Crippen LogP contribution >= 0.6 is 0 Å². The van der Waals surface area contributed by atoms with E-state index < -0.39 is 12.0 Å². The van der Waals surface area contributed by atoms with Gasteiger partial charge in [-0.3, -0.25) is 4.79 Å². The number of aryl methyl sites for hydroxylation is 1. The molecule has 0 bridgehead atoms. The van der Waals surface area contributed by atoms with Crippen LogP contribution in [0.1, 0.15) is 24.4 Å². The van der Waals surface area contributed by atoms with E-state index in [1.807, 2.05) is 6.92 Å². The Bertz CT molecular complexity index is 563. The minimum Gasteiger partial charge on any atom is -0.480 e. The molecule has 2 heterocycles. The van der Waals surface area contributed by atoms with Crippen LogP contribution in [-0.4, -0.2) is 42.3 Å². The molecule has 19 heavy (non-hydrogen) atoms. The third-order valence-corrected chi connectivity index (χ3v) is 2.44. The zero-order valence-corrected chi connectivity index (χ0v) is 10.4. The van der Waals surface area contributed by atoms with Crippen LogP contribution in [0.25, 0.3) is 0 Å². The van der Waals surface area contributed by atoms with Gasteiger partial charge >= 0.3 is 5.97 Å². The number of carbonyl (C=O) groups is 1. The van der Waals surface area contributed by atoms with Crippen LogP contribution < -0.4 is 5.73 Å². The molecule has 0 saturated heterocycles. The molecule has 0 fully saturated rings. The van der Waals surface area contributed by atoms with Gasteiger partial charge in [-0.05, 0) is 0 Å². The number of hydrogen-bond acceptors (Lipinski definition) is 7. The van der Waals surface area contributed by atoms with E-state index in [4.69, 9.17) is 15.3 Å². The lowest BCUT2D eigenvalue weighted by atomic mass is 10.2. The summed E-state index contributed by atoms with van der Waals surface area (Å²) >= 11 is 0. The van der Waals surface area contributed by atoms with Crippen molar-refractivity contribution in [2.24, 2.45) is 5.73 Å². The number of hydrogen-bond donors (Lipinski definition) is 2. The quantitative estimate of drug-likeness (QED) is 0.696. The summed E-state index contributed by atoms with van der Waals surface area (Å²) in [6.45, 7) is 2.21. The Labute approximate surface area is 108 Å². The Kier molecular flexibility index (Phi) is 3.85. The average molecular weight is 266 g/mol. The molecule has 0 aliphatic carbocycles. The van der Waals surface area contributed by atoms with Crippen LogP contribution in [-0.2, 0) is 24.2 Å². The molecule has 2 rings (SSSR count). The highest BCUT2D eigenvalue weighted by Crippen LogP contribution is 2.04. The first-order valence-corrected chi connectivity index (χ1v) is 5.77. The topological polar surface area (TPSA) is 133 Å².